The zero-order valence-electron chi connectivity index (χ0n) is 16.8. The van der Waals surface area contributed by atoms with Crippen molar-refractivity contribution in [2.75, 3.05) is 5.32 Å². The van der Waals surface area contributed by atoms with Crippen molar-refractivity contribution in [1.29, 1.82) is 5.26 Å². The number of pyridine rings is 1. The van der Waals surface area contributed by atoms with E-state index in [9.17, 15) is 20.2 Å². The van der Waals surface area contributed by atoms with Crippen molar-refractivity contribution < 1.29 is 14.5 Å². The van der Waals surface area contributed by atoms with Crippen LogP contribution in [0, 0.1) is 35.3 Å². The molecule has 0 fully saturated rings. The van der Waals surface area contributed by atoms with Crippen molar-refractivity contribution in [1.82, 2.24) is 4.98 Å². The largest absolute Gasteiger partial charge is 0.439 e. The molecule has 3 rings (SSSR count). The Kier molecular flexibility index (Phi) is 6.38. The van der Waals surface area contributed by atoms with Crippen LogP contribution in [-0.2, 0) is 4.79 Å². The van der Waals surface area contributed by atoms with Crippen molar-refractivity contribution in [2.24, 2.45) is 0 Å². The van der Waals surface area contributed by atoms with E-state index < -0.39 is 10.8 Å². The molecule has 3 aromatic rings. The molecule has 1 N–H and O–H groups in total. The Morgan fingerprint density at radius 2 is 1.90 bits per heavy atom. The Balaban J connectivity index is 1.71. The summed E-state index contributed by atoms with van der Waals surface area (Å²) in [6, 6.07) is 16.9. The second-order valence-electron chi connectivity index (χ2n) is 6.65. The van der Waals surface area contributed by atoms with Gasteiger partial charge >= 0.3 is 0 Å². The Bertz CT molecular complexity index is 1190. The standard InChI is InChI=1S/C23H18N4O4/c1-15-4-3-5-21(16(15)2)26-23(28)18(13-24)12-17-6-9-20(10-7-17)31-22-11-8-19(14-25-22)27(29)30/h3-12,14H,1-2H3,(H,26,28)/b18-12-. The molecular formula is C23H18N4O4. The van der Waals surface area contributed by atoms with Crippen LogP contribution in [0.3, 0.4) is 0 Å². The number of anilines is 1. The molecule has 0 unspecified atom stereocenters. The maximum Gasteiger partial charge on any atom is 0.287 e. The second kappa shape index (κ2) is 9.33. The van der Waals surface area contributed by atoms with Gasteiger partial charge in [0, 0.05) is 17.8 Å². The van der Waals surface area contributed by atoms with Crippen LogP contribution in [-0.4, -0.2) is 15.8 Å². The summed E-state index contributed by atoms with van der Waals surface area (Å²) in [5, 5.41) is 22.8. The molecule has 0 atom stereocenters. The molecule has 154 valence electrons. The van der Waals surface area contributed by atoms with E-state index in [2.05, 4.69) is 10.3 Å². The Labute approximate surface area is 178 Å². The van der Waals surface area contributed by atoms with Gasteiger partial charge in [-0.15, -0.1) is 0 Å². The highest BCUT2D eigenvalue weighted by Crippen LogP contribution is 2.23. The van der Waals surface area contributed by atoms with Crippen molar-refractivity contribution in [3.63, 3.8) is 0 Å². The number of aryl methyl sites for hydroxylation is 1. The molecule has 0 saturated heterocycles. The predicted octanol–water partition coefficient (Wildman–Crippen LogP) is 4.94. The van der Waals surface area contributed by atoms with Crippen LogP contribution in [0.1, 0.15) is 16.7 Å². The van der Waals surface area contributed by atoms with Gasteiger partial charge in [-0.3, -0.25) is 14.9 Å². The van der Waals surface area contributed by atoms with Gasteiger partial charge in [0.15, 0.2) is 0 Å². The third-order valence-corrected chi connectivity index (χ3v) is 4.56. The summed E-state index contributed by atoms with van der Waals surface area (Å²) in [4.78, 5) is 26.5. The molecule has 1 amide bonds. The van der Waals surface area contributed by atoms with Gasteiger partial charge in [0.1, 0.15) is 23.6 Å². The summed E-state index contributed by atoms with van der Waals surface area (Å²) in [6.45, 7) is 3.85. The average Bonchev–Trinajstić information content (AvgIpc) is 2.76. The Morgan fingerprint density at radius 3 is 2.52 bits per heavy atom. The molecule has 0 aliphatic carbocycles. The molecule has 1 heterocycles. The zero-order chi connectivity index (χ0) is 22.4. The van der Waals surface area contributed by atoms with E-state index in [1.165, 1.54) is 18.2 Å². The number of carbonyl (C=O) groups is 1. The maximum atomic E-state index is 12.5. The third-order valence-electron chi connectivity index (χ3n) is 4.56. The molecule has 31 heavy (non-hydrogen) atoms. The lowest BCUT2D eigenvalue weighted by Crippen LogP contribution is -2.14. The molecule has 1 aromatic heterocycles. The predicted molar refractivity (Wildman–Crippen MR) is 116 cm³/mol. The van der Waals surface area contributed by atoms with Gasteiger partial charge in [0.25, 0.3) is 11.6 Å². The molecule has 2 aromatic carbocycles. The molecular weight excluding hydrogens is 396 g/mol. The number of carbonyl (C=O) groups excluding carboxylic acids is 1. The van der Waals surface area contributed by atoms with E-state index in [0.29, 0.717) is 17.0 Å². The molecule has 0 aliphatic rings. The third kappa shape index (κ3) is 5.31. The summed E-state index contributed by atoms with van der Waals surface area (Å²) in [5.41, 5.74) is 3.11. The normalized spacial score (nSPS) is 10.8. The fourth-order valence-corrected chi connectivity index (χ4v) is 2.69. The fraction of sp³-hybridized carbons (Fsp3) is 0.0870. The molecule has 0 radical (unpaired) electrons. The lowest BCUT2D eigenvalue weighted by molar-refractivity contribution is -0.385. The minimum atomic E-state index is -0.541. The van der Waals surface area contributed by atoms with Gasteiger partial charge in [-0.2, -0.15) is 5.26 Å². The smallest absolute Gasteiger partial charge is 0.287 e. The number of nitrogens with zero attached hydrogens (tertiary/aromatic N) is 3. The molecule has 8 nitrogen and oxygen atoms in total. The highest BCUT2D eigenvalue weighted by Gasteiger charge is 2.12. The van der Waals surface area contributed by atoms with Crippen molar-refractivity contribution in [3.8, 4) is 17.7 Å². The summed E-state index contributed by atoms with van der Waals surface area (Å²) in [6.07, 6.45) is 2.59. The van der Waals surface area contributed by atoms with Crippen LogP contribution in [0.5, 0.6) is 11.6 Å². The summed E-state index contributed by atoms with van der Waals surface area (Å²) >= 11 is 0. The number of nitriles is 1. The molecule has 8 heteroatoms. The number of benzene rings is 2. The SMILES string of the molecule is Cc1cccc(NC(=O)/C(C#N)=C\c2ccc(Oc3ccc([N+](=O)[O-])cn3)cc2)c1C. The first-order chi connectivity index (χ1) is 14.9. The zero-order valence-corrected chi connectivity index (χ0v) is 16.8. The first-order valence-corrected chi connectivity index (χ1v) is 9.25. The number of amides is 1. The monoisotopic (exact) mass is 414 g/mol. The minimum absolute atomic E-state index is 0.0355. The Morgan fingerprint density at radius 1 is 1.16 bits per heavy atom. The van der Waals surface area contributed by atoms with Crippen molar-refractivity contribution >= 4 is 23.4 Å². The number of hydrogen-bond donors (Lipinski definition) is 1. The van der Waals surface area contributed by atoms with Gasteiger partial charge in [-0.25, -0.2) is 4.98 Å². The molecule has 0 bridgehead atoms. The van der Waals surface area contributed by atoms with Crippen LogP contribution in [0.15, 0.2) is 66.4 Å². The van der Waals surface area contributed by atoms with E-state index in [0.717, 1.165) is 17.3 Å². The minimum Gasteiger partial charge on any atom is -0.439 e. The lowest BCUT2D eigenvalue weighted by atomic mass is 10.1. The van der Waals surface area contributed by atoms with E-state index in [4.69, 9.17) is 4.74 Å². The summed E-state index contributed by atoms with van der Waals surface area (Å²) in [5.74, 6) is 0.169. The van der Waals surface area contributed by atoms with Crippen LogP contribution in [0.25, 0.3) is 6.08 Å². The fourth-order valence-electron chi connectivity index (χ4n) is 2.69. The topological polar surface area (TPSA) is 118 Å². The highest BCUT2D eigenvalue weighted by atomic mass is 16.6. The van der Waals surface area contributed by atoms with E-state index >= 15 is 0 Å². The first-order valence-electron chi connectivity index (χ1n) is 9.25. The maximum absolute atomic E-state index is 12.5. The first kappa shape index (κ1) is 21.2. The lowest BCUT2D eigenvalue weighted by Gasteiger charge is -2.10. The molecule has 0 spiro atoms. The number of rotatable bonds is 6. The summed E-state index contributed by atoms with van der Waals surface area (Å²) in [7, 11) is 0. The number of nitrogens with one attached hydrogen (secondary N) is 1. The van der Waals surface area contributed by atoms with Crippen LogP contribution in [0.2, 0.25) is 0 Å². The highest BCUT2D eigenvalue weighted by molar-refractivity contribution is 6.10. The van der Waals surface area contributed by atoms with Crippen LogP contribution >= 0.6 is 0 Å². The molecule has 0 saturated carbocycles. The van der Waals surface area contributed by atoms with Crippen molar-refractivity contribution in [3.05, 3.63) is 93.2 Å². The average molecular weight is 414 g/mol. The number of nitro groups is 1. The number of hydrogen-bond acceptors (Lipinski definition) is 6. The Hall–Kier alpha value is -4.51. The summed E-state index contributed by atoms with van der Waals surface area (Å²) < 4.78 is 5.55. The quantitative estimate of drug-likeness (QED) is 0.264. The van der Waals surface area contributed by atoms with Gasteiger partial charge in [-0.05, 0) is 54.8 Å². The molecule has 0 aliphatic heterocycles. The number of aromatic nitrogens is 1. The van der Waals surface area contributed by atoms with Gasteiger partial charge < -0.3 is 10.1 Å². The number of ether oxygens (including phenoxy) is 1. The van der Waals surface area contributed by atoms with Crippen LogP contribution in [0.4, 0.5) is 11.4 Å². The van der Waals surface area contributed by atoms with Crippen molar-refractivity contribution in [2.45, 2.75) is 13.8 Å². The van der Waals surface area contributed by atoms with Crippen LogP contribution < -0.4 is 10.1 Å². The van der Waals surface area contributed by atoms with E-state index in [1.807, 2.05) is 32.0 Å². The van der Waals surface area contributed by atoms with E-state index in [-0.39, 0.29) is 17.1 Å². The van der Waals surface area contributed by atoms with Gasteiger partial charge in [0.2, 0.25) is 5.88 Å². The van der Waals surface area contributed by atoms with Gasteiger partial charge in [-0.1, -0.05) is 24.3 Å². The van der Waals surface area contributed by atoms with Gasteiger partial charge in [0.05, 0.1) is 4.92 Å². The van der Waals surface area contributed by atoms with E-state index in [1.54, 1.807) is 30.3 Å². The second-order valence-corrected chi connectivity index (χ2v) is 6.65.